The SMILES string of the molecule is CCCC(=O)/C=C/c1c[nH]c2ncnc(OCc3cccc(F)c3)c12. The summed E-state index contributed by atoms with van der Waals surface area (Å²) in [6, 6.07) is 6.21. The fourth-order valence-corrected chi connectivity index (χ4v) is 2.49. The summed E-state index contributed by atoms with van der Waals surface area (Å²) < 4.78 is 19.0. The zero-order valence-electron chi connectivity index (χ0n) is 13.8. The highest BCUT2D eigenvalue weighted by Gasteiger charge is 2.11. The van der Waals surface area contributed by atoms with Gasteiger partial charge in [0.15, 0.2) is 5.78 Å². The number of halogens is 1. The molecule has 2 heterocycles. The molecule has 5 nitrogen and oxygen atoms in total. The minimum Gasteiger partial charge on any atom is -0.472 e. The van der Waals surface area contributed by atoms with E-state index in [4.69, 9.17) is 4.74 Å². The number of rotatable bonds is 7. The Bertz CT molecular complexity index is 918. The molecule has 0 saturated heterocycles. The quantitative estimate of drug-likeness (QED) is 0.659. The molecule has 0 bridgehead atoms. The maximum atomic E-state index is 13.3. The Morgan fingerprint density at radius 1 is 1.36 bits per heavy atom. The number of nitrogens with one attached hydrogen (secondary N) is 1. The van der Waals surface area contributed by atoms with E-state index in [0.717, 1.165) is 12.0 Å². The molecule has 2 aromatic heterocycles. The van der Waals surface area contributed by atoms with Crippen LogP contribution in [-0.2, 0) is 11.4 Å². The summed E-state index contributed by atoms with van der Waals surface area (Å²) in [6.07, 6.45) is 7.75. The second kappa shape index (κ2) is 7.70. The van der Waals surface area contributed by atoms with E-state index in [2.05, 4.69) is 15.0 Å². The first kappa shape index (κ1) is 16.8. The number of aromatic nitrogens is 3. The number of benzene rings is 1. The van der Waals surface area contributed by atoms with Crippen LogP contribution < -0.4 is 4.74 Å². The van der Waals surface area contributed by atoms with Crippen molar-refractivity contribution in [2.45, 2.75) is 26.4 Å². The molecule has 0 unspecified atom stereocenters. The van der Waals surface area contributed by atoms with E-state index in [1.807, 2.05) is 6.92 Å². The third kappa shape index (κ3) is 4.09. The number of ketones is 1. The molecule has 0 atom stereocenters. The first-order valence-electron chi connectivity index (χ1n) is 8.07. The van der Waals surface area contributed by atoms with Gasteiger partial charge in [0, 0.05) is 18.2 Å². The number of carbonyl (C=O) groups is 1. The van der Waals surface area contributed by atoms with Crippen LogP contribution in [0.15, 0.2) is 42.9 Å². The van der Waals surface area contributed by atoms with Gasteiger partial charge in [-0.05, 0) is 36.3 Å². The fourth-order valence-electron chi connectivity index (χ4n) is 2.49. The first-order valence-corrected chi connectivity index (χ1v) is 8.07. The molecule has 0 aliphatic carbocycles. The van der Waals surface area contributed by atoms with Gasteiger partial charge >= 0.3 is 0 Å². The van der Waals surface area contributed by atoms with Gasteiger partial charge in [0.1, 0.15) is 24.4 Å². The third-order valence-electron chi connectivity index (χ3n) is 3.68. The van der Waals surface area contributed by atoms with Gasteiger partial charge in [-0.15, -0.1) is 0 Å². The molecule has 0 aliphatic heterocycles. The molecule has 0 radical (unpaired) electrons. The molecule has 6 heteroatoms. The Kier molecular flexibility index (Phi) is 5.18. The highest BCUT2D eigenvalue weighted by molar-refractivity contribution is 5.97. The molecule has 1 aromatic carbocycles. The van der Waals surface area contributed by atoms with Crippen LogP contribution in [0, 0.1) is 5.82 Å². The molecule has 1 N–H and O–H groups in total. The van der Waals surface area contributed by atoms with Gasteiger partial charge in [0.05, 0.1) is 5.39 Å². The van der Waals surface area contributed by atoms with Crippen LogP contribution in [0.1, 0.15) is 30.9 Å². The summed E-state index contributed by atoms with van der Waals surface area (Å²) >= 11 is 0. The van der Waals surface area contributed by atoms with Gasteiger partial charge < -0.3 is 9.72 Å². The third-order valence-corrected chi connectivity index (χ3v) is 3.68. The number of H-pyrrole nitrogens is 1. The maximum absolute atomic E-state index is 13.3. The lowest BCUT2D eigenvalue weighted by Gasteiger charge is -2.07. The van der Waals surface area contributed by atoms with Crippen LogP contribution in [0.2, 0.25) is 0 Å². The Morgan fingerprint density at radius 3 is 3.04 bits per heavy atom. The van der Waals surface area contributed by atoms with Gasteiger partial charge in [-0.2, -0.15) is 0 Å². The number of fused-ring (bicyclic) bond motifs is 1. The van der Waals surface area contributed by atoms with E-state index < -0.39 is 0 Å². The Hall–Kier alpha value is -3.02. The van der Waals surface area contributed by atoms with Crippen LogP contribution in [0.3, 0.4) is 0 Å². The first-order chi connectivity index (χ1) is 12.2. The Morgan fingerprint density at radius 2 is 2.24 bits per heavy atom. The molecule has 0 spiro atoms. The zero-order valence-corrected chi connectivity index (χ0v) is 13.8. The molecule has 25 heavy (non-hydrogen) atoms. The number of hydrogen-bond acceptors (Lipinski definition) is 4. The monoisotopic (exact) mass is 339 g/mol. The van der Waals surface area contributed by atoms with E-state index in [1.165, 1.54) is 18.5 Å². The van der Waals surface area contributed by atoms with Crippen LogP contribution in [0.4, 0.5) is 4.39 Å². The minimum absolute atomic E-state index is 0.0657. The molecule has 0 saturated carbocycles. The van der Waals surface area contributed by atoms with Crippen molar-refractivity contribution in [2.24, 2.45) is 0 Å². The average Bonchev–Trinajstić information content (AvgIpc) is 3.02. The van der Waals surface area contributed by atoms with Gasteiger partial charge in [-0.25, -0.2) is 14.4 Å². The van der Waals surface area contributed by atoms with E-state index in [0.29, 0.717) is 28.9 Å². The van der Waals surface area contributed by atoms with Crippen molar-refractivity contribution in [1.29, 1.82) is 0 Å². The molecule has 0 aliphatic rings. The second-order valence-corrected chi connectivity index (χ2v) is 5.61. The van der Waals surface area contributed by atoms with Crippen molar-refractivity contribution >= 4 is 22.9 Å². The van der Waals surface area contributed by atoms with Crippen molar-refractivity contribution in [2.75, 3.05) is 0 Å². The molecule has 3 aromatic rings. The summed E-state index contributed by atoms with van der Waals surface area (Å²) in [4.78, 5) is 23.1. The van der Waals surface area contributed by atoms with E-state index >= 15 is 0 Å². The minimum atomic E-state index is -0.311. The molecular weight excluding hydrogens is 321 g/mol. The van der Waals surface area contributed by atoms with E-state index in [-0.39, 0.29) is 18.2 Å². The molecule has 0 amide bonds. The maximum Gasteiger partial charge on any atom is 0.227 e. The molecule has 128 valence electrons. The summed E-state index contributed by atoms with van der Waals surface area (Å²) in [5, 5.41) is 0.694. The molecule has 0 fully saturated rings. The van der Waals surface area contributed by atoms with Crippen LogP contribution in [0.5, 0.6) is 5.88 Å². The smallest absolute Gasteiger partial charge is 0.227 e. The topological polar surface area (TPSA) is 67.9 Å². The zero-order chi connectivity index (χ0) is 17.6. The van der Waals surface area contributed by atoms with Crippen molar-refractivity contribution in [3.63, 3.8) is 0 Å². The summed E-state index contributed by atoms with van der Waals surface area (Å²) in [6.45, 7) is 2.15. The highest BCUT2D eigenvalue weighted by Crippen LogP contribution is 2.26. The van der Waals surface area contributed by atoms with Gasteiger partial charge in [-0.1, -0.05) is 19.1 Å². The second-order valence-electron chi connectivity index (χ2n) is 5.61. The van der Waals surface area contributed by atoms with Crippen LogP contribution >= 0.6 is 0 Å². The number of aromatic amines is 1. The predicted octanol–water partition coefficient (Wildman–Crippen LogP) is 4.06. The summed E-state index contributed by atoms with van der Waals surface area (Å²) in [7, 11) is 0. The van der Waals surface area contributed by atoms with Gasteiger partial charge in [0.2, 0.25) is 5.88 Å². The lowest BCUT2D eigenvalue weighted by Crippen LogP contribution is -1.99. The number of nitrogens with zero attached hydrogens (tertiary/aromatic N) is 2. The summed E-state index contributed by atoms with van der Waals surface area (Å²) in [5.74, 6) is 0.141. The average molecular weight is 339 g/mol. The number of allylic oxidation sites excluding steroid dienone is 1. The molecule has 3 rings (SSSR count). The normalized spacial score (nSPS) is 11.3. The van der Waals surface area contributed by atoms with Crippen molar-refractivity contribution in [1.82, 2.24) is 15.0 Å². The van der Waals surface area contributed by atoms with Gasteiger partial charge in [0.25, 0.3) is 0 Å². The predicted molar refractivity (Wildman–Crippen MR) is 93.6 cm³/mol. The lowest BCUT2D eigenvalue weighted by molar-refractivity contribution is -0.114. The largest absolute Gasteiger partial charge is 0.472 e. The highest BCUT2D eigenvalue weighted by atomic mass is 19.1. The lowest BCUT2D eigenvalue weighted by atomic mass is 10.1. The Labute approximate surface area is 144 Å². The fraction of sp³-hybridized carbons (Fsp3) is 0.211. The van der Waals surface area contributed by atoms with E-state index in [1.54, 1.807) is 30.5 Å². The Balaban J connectivity index is 1.85. The number of ether oxygens (including phenoxy) is 1. The van der Waals surface area contributed by atoms with Crippen molar-refractivity contribution in [3.8, 4) is 5.88 Å². The van der Waals surface area contributed by atoms with Crippen molar-refractivity contribution < 1.29 is 13.9 Å². The standard InChI is InChI=1S/C19H18FN3O2/c1-2-4-16(24)8-7-14-10-21-18-17(14)19(23-12-22-18)25-11-13-5-3-6-15(20)9-13/h3,5-10,12H,2,4,11H2,1H3,(H,21,22,23)/b8-7+. The molecular formula is C19H18FN3O2. The van der Waals surface area contributed by atoms with Crippen LogP contribution in [-0.4, -0.2) is 20.7 Å². The van der Waals surface area contributed by atoms with Crippen molar-refractivity contribution in [3.05, 3.63) is 59.8 Å². The number of carbonyl (C=O) groups excluding carboxylic acids is 1. The summed E-state index contributed by atoms with van der Waals surface area (Å²) in [5.41, 5.74) is 2.10. The van der Waals surface area contributed by atoms with Crippen LogP contribution in [0.25, 0.3) is 17.1 Å². The van der Waals surface area contributed by atoms with E-state index in [9.17, 15) is 9.18 Å². The van der Waals surface area contributed by atoms with Gasteiger partial charge in [-0.3, -0.25) is 4.79 Å². The number of hydrogen-bond donors (Lipinski definition) is 1.